The number of allylic oxidation sites excluding steroid dienone is 12. The fourth-order valence-electron chi connectivity index (χ4n) is 5.32. The quantitative estimate of drug-likeness (QED) is 0.0200. The highest BCUT2D eigenvalue weighted by Gasteiger charge is 2.21. The number of likely N-dealkylation sites (N-methyl/N-ethyl adjacent to an activating group) is 1. The number of hydrogen-bond acceptors (Lipinski definition) is 8. The summed E-state index contributed by atoms with van der Waals surface area (Å²) < 4.78 is 22.5. The molecule has 0 spiro atoms. The summed E-state index contributed by atoms with van der Waals surface area (Å²) in [6, 6.07) is 0. The van der Waals surface area contributed by atoms with Crippen LogP contribution in [-0.4, -0.2) is 82.3 Å². The van der Waals surface area contributed by atoms with E-state index < -0.39 is 24.3 Å². The standard InChI is InChI=1S/C47H79NO8/c1-6-8-10-12-14-16-18-20-21-22-23-24-25-26-28-30-32-34-36-38-45(50)56-43(42-55-47(46(51)52)53-40-39-48(3,4)5)41-54-44(49)37-35-33-31-29-27-19-17-15-13-11-9-7-2/h8,10,14-17,20-21,23-24,26,28,43,47H,6-7,9,11-13,18-19,22,25,27,29-42H2,1-5H3/b10-8-,16-14-,17-15-,21-20-,24-23-,28-26-. The fourth-order valence-corrected chi connectivity index (χ4v) is 5.32. The number of hydrogen-bond donors (Lipinski definition) is 0. The Labute approximate surface area is 341 Å². The highest BCUT2D eigenvalue weighted by molar-refractivity contribution is 5.70. The lowest BCUT2D eigenvalue weighted by molar-refractivity contribution is -0.870. The number of nitrogens with zero attached hydrogens (tertiary/aromatic N) is 1. The monoisotopic (exact) mass is 786 g/mol. The van der Waals surface area contributed by atoms with Gasteiger partial charge in [-0.2, -0.15) is 0 Å². The average Bonchev–Trinajstić information content (AvgIpc) is 3.15. The number of aliphatic carboxylic acids is 1. The lowest BCUT2D eigenvalue weighted by Crippen LogP contribution is -2.44. The van der Waals surface area contributed by atoms with Gasteiger partial charge in [-0.15, -0.1) is 0 Å². The van der Waals surface area contributed by atoms with Gasteiger partial charge < -0.3 is 33.3 Å². The number of quaternary nitrogens is 1. The highest BCUT2D eigenvalue weighted by atomic mass is 16.7. The minimum Gasteiger partial charge on any atom is -0.545 e. The highest BCUT2D eigenvalue weighted by Crippen LogP contribution is 2.11. The van der Waals surface area contributed by atoms with E-state index in [4.69, 9.17) is 18.9 Å². The molecule has 2 unspecified atom stereocenters. The van der Waals surface area contributed by atoms with Crippen molar-refractivity contribution in [3.63, 3.8) is 0 Å². The lowest BCUT2D eigenvalue weighted by Gasteiger charge is -2.26. The van der Waals surface area contributed by atoms with Gasteiger partial charge in [-0.3, -0.25) is 9.59 Å². The van der Waals surface area contributed by atoms with Crippen LogP contribution in [-0.2, 0) is 33.3 Å². The summed E-state index contributed by atoms with van der Waals surface area (Å²) in [7, 11) is 5.88. The molecular weight excluding hydrogens is 707 g/mol. The van der Waals surface area contributed by atoms with Crippen LogP contribution in [0.3, 0.4) is 0 Å². The molecular formula is C47H79NO8. The van der Waals surface area contributed by atoms with Crippen molar-refractivity contribution < 1.29 is 42.9 Å². The van der Waals surface area contributed by atoms with Crippen LogP contribution in [0.1, 0.15) is 149 Å². The maximum absolute atomic E-state index is 12.7. The minimum absolute atomic E-state index is 0.136. The molecule has 0 radical (unpaired) electrons. The van der Waals surface area contributed by atoms with E-state index in [0.29, 0.717) is 17.4 Å². The molecule has 0 saturated carbocycles. The summed E-state index contributed by atoms with van der Waals surface area (Å²) in [4.78, 5) is 36.9. The second kappa shape index (κ2) is 38.6. The summed E-state index contributed by atoms with van der Waals surface area (Å²) >= 11 is 0. The van der Waals surface area contributed by atoms with Crippen LogP contribution in [0.15, 0.2) is 72.9 Å². The van der Waals surface area contributed by atoms with E-state index in [-0.39, 0.29) is 38.6 Å². The number of ether oxygens (including phenoxy) is 4. The summed E-state index contributed by atoms with van der Waals surface area (Å²) in [5.74, 6) is -2.35. The molecule has 0 saturated heterocycles. The third kappa shape index (κ3) is 39.0. The van der Waals surface area contributed by atoms with Crippen LogP contribution in [0.5, 0.6) is 0 Å². The summed E-state index contributed by atoms with van der Waals surface area (Å²) in [5, 5.41) is 11.7. The van der Waals surface area contributed by atoms with Gasteiger partial charge in [-0.05, 0) is 83.5 Å². The smallest absolute Gasteiger partial charge is 0.306 e. The van der Waals surface area contributed by atoms with Gasteiger partial charge in [0, 0.05) is 12.8 Å². The van der Waals surface area contributed by atoms with Crippen molar-refractivity contribution in [1.82, 2.24) is 0 Å². The maximum atomic E-state index is 12.7. The van der Waals surface area contributed by atoms with Crippen molar-refractivity contribution in [2.24, 2.45) is 0 Å². The Balaban J connectivity index is 4.55. The van der Waals surface area contributed by atoms with E-state index in [9.17, 15) is 19.5 Å². The number of carboxylic acid groups (broad SMARTS) is 1. The fraction of sp³-hybridized carbons (Fsp3) is 0.681. The first-order valence-electron chi connectivity index (χ1n) is 21.6. The van der Waals surface area contributed by atoms with Crippen LogP contribution in [0.4, 0.5) is 0 Å². The normalized spacial score (nSPS) is 13.7. The van der Waals surface area contributed by atoms with Crippen LogP contribution in [0, 0.1) is 0 Å². The molecule has 320 valence electrons. The molecule has 0 aliphatic heterocycles. The molecule has 9 nitrogen and oxygen atoms in total. The Kier molecular flexibility index (Phi) is 36.3. The van der Waals surface area contributed by atoms with Crippen molar-refractivity contribution in [2.75, 3.05) is 47.5 Å². The molecule has 0 rings (SSSR count). The van der Waals surface area contributed by atoms with Gasteiger partial charge in [0.1, 0.15) is 13.2 Å². The Bertz CT molecular complexity index is 1150. The zero-order valence-electron chi connectivity index (χ0n) is 36.0. The first-order valence-corrected chi connectivity index (χ1v) is 21.6. The molecule has 0 fully saturated rings. The molecule has 2 atom stereocenters. The molecule has 0 aromatic carbocycles. The SMILES string of the molecule is CC/C=C\C/C=C\C/C=C\C/C=C\C/C=C\CCCCCC(=O)OC(COC(=O)CCCCCCC/C=C\CCCCC)COC(OCC[N+](C)(C)C)C(=O)[O-]. The number of esters is 2. The zero-order chi connectivity index (χ0) is 41.4. The number of rotatable bonds is 38. The second-order valence-electron chi connectivity index (χ2n) is 15.2. The van der Waals surface area contributed by atoms with Crippen molar-refractivity contribution in [3.05, 3.63) is 72.9 Å². The largest absolute Gasteiger partial charge is 0.545 e. The van der Waals surface area contributed by atoms with Gasteiger partial charge in [0.2, 0.25) is 0 Å². The summed E-state index contributed by atoms with van der Waals surface area (Å²) in [6.45, 7) is 4.52. The van der Waals surface area contributed by atoms with E-state index in [1.54, 1.807) is 0 Å². The average molecular weight is 786 g/mol. The van der Waals surface area contributed by atoms with E-state index in [2.05, 4.69) is 86.8 Å². The first-order chi connectivity index (χ1) is 27.1. The van der Waals surface area contributed by atoms with Gasteiger partial charge >= 0.3 is 11.9 Å². The minimum atomic E-state index is -1.63. The topological polar surface area (TPSA) is 111 Å². The van der Waals surface area contributed by atoms with Crippen molar-refractivity contribution in [1.29, 1.82) is 0 Å². The van der Waals surface area contributed by atoms with E-state index in [1.807, 2.05) is 21.1 Å². The van der Waals surface area contributed by atoms with Crippen LogP contribution in [0.2, 0.25) is 0 Å². The van der Waals surface area contributed by atoms with E-state index in [0.717, 1.165) is 96.3 Å². The molecule has 0 aromatic heterocycles. The van der Waals surface area contributed by atoms with Crippen molar-refractivity contribution in [3.8, 4) is 0 Å². The van der Waals surface area contributed by atoms with Crippen molar-refractivity contribution >= 4 is 17.9 Å². The van der Waals surface area contributed by atoms with E-state index >= 15 is 0 Å². The van der Waals surface area contributed by atoms with Crippen LogP contribution in [0.25, 0.3) is 0 Å². The van der Waals surface area contributed by atoms with Gasteiger partial charge in [0.25, 0.3) is 0 Å². The van der Waals surface area contributed by atoms with Crippen LogP contribution < -0.4 is 5.11 Å². The zero-order valence-corrected chi connectivity index (χ0v) is 36.0. The lowest BCUT2D eigenvalue weighted by atomic mass is 10.1. The number of carbonyl (C=O) groups is 3. The van der Waals surface area contributed by atoms with Gasteiger partial charge in [0.05, 0.1) is 40.3 Å². The molecule has 56 heavy (non-hydrogen) atoms. The van der Waals surface area contributed by atoms with Crippen LogP contribution >= 0.6 is 0 Å². The molecule has 0 amide bonds. The molecule has 0 N–H and O–H groups in total. The number of unbranched alkanes of at least 4 members (excludes halogenated alkanes) is 11. The third-order valence-electron chi connectivity index (χ3n) is 8.69. The number of carboxylic acids is 1. The Morgan fingerprint density at radius 1 is 0.554 bits per heavy atom. The Morgan fingerprint density at radius 3 is 1.55 bits per heavy atom. The molecule has 9 heteroatoms. The Morgan fingerprint density at radius 2 is 1.02 bits per heavy atom. The predicted octanol–water partition coefficient (Wildman–Crippen LogP) is 9.83. The third-order valence-corrected chi connectivity index (χ3v) is 8.69. The molecule has 0 aromatic rings. The van der Waals surface area contributed by atoms with E-state index in [1.165, 1.54) is 19.3 Å². The van der Waals surface area contributed by atoms with Gasteiger partial charge in [-0.1, -0.05) is 125 Å². The second-order valence-corrected chi connectivity index (χ2v) is 15.2. The molecule has 0 heterocycles. The molecule has 0 aliphatic carbocycles. The number of carbonyl (C=O) groups excluding carboxylic acids is 3. The molecule has 0 aliphatic rings. The first kappa shape index (κ1) is 52.7. The Hall–Kier alpha value is -3.27. The van der Waals surface area contributed by atoms with Gasteiger partial charge in [-0.25, -0.2) is 0 Å². The predicted molar refractivity (Wildman–Crippen MR) is 228 cm³/mol. The maximum Gasteiger partial charge on any atom is 0.306 e. The van der Waals surface area contributed by atoms with Gasteiger partial charge in [0.15, 0.2) is 12.4 Å². The summed E-state index contributed by atoms with van der Waals surface area (Å²) in [6.07, 6.45) is 43.6. The summed E-state index contributed by atoms with van der Waals surface area (Å²) in [5.41, 5.74) is 0. The van der Waals surface area contributed by atoms with Crippen molar-refractivity contribution in [2.45, 2.75) is 161 Å². The molecule has 0 bridgehead atoms.